The smallest absolute Gasteiger partial charge is 0.267 e. The summed E-state index contributed by atoms with van der Waals surface area (Å²) >= 11 is 2.87. The summed E-state index contributed by atoms with van der Waals surface area (Å²) in [6, 6.07) is 15.4. The van der Waals surface area contributed by atoms with Gasteiger partial charge in [-0.25, -0.2) is 4.98 Å². The van der Waals surface area contributed by atoms with E-state index in [9.17, 15) is 9.59 Å². The number of aryl methyl sites for hydroxylation is 4. The van der Waals surface area contributed by atoms with Crippen LogP contribution in [-0.2, 0) is 11.2 Å². The van der Waals surface area contributed by atoms with Gasteiger partial charge in [-0.3, -0.25) is 14.2 Å². The number of rotatable bonds is 7. The molecule has 4 rings (SSSR count). The Labute approximate surface area is 201 Å². The molecule has 0 unspecified atom stereocenters. The van der Waals surface area contributed by atoms with Gasteiger partial charge in [0.25, 0.3) is 5.56 Å². The lowest BCUT2D eigenvalue weighted by Gasteiger charge is -2.13. The SMILES string of the molecule is CCCc1sc2nc(SCC(=O)Nc3c(C)cccc3C)n(-c3ccccc3)c(=O)c2c1C. The number of carbonyl (C=O) groups excluding carboxylic acids is 1. The molecule has 0 spiro atoms. The first-order chi connectivity index (χ1) is 15.9. The van der Waals surface area contributed by atoms with Crippen molar-refractivity contribution in [2.75, 3.05) is 11.1 Å². The average Bonchev–Trinajstić information content (AvgIpc) is 3.11. The van der Waals surface area contributed by atoms with E-state index in [1.165, 1.54) is 16.6 Å². The fourth-order valence-corrected chi connectivity index (χ4v) is 6.03. The normalized spacial score (nSPS) is 11.2. The van der Waals surface area contributed by atoms with Crippen molar-refractivity contribution in [2.45, 2.75) is 45.7 Å². The highest BCUT2D eigenvalue weighted by Crippen LogP contribution is 2.31. The molecule has 2 aromatic carbocycles. The molecule has 0 atom stereocenters. The van der Waals surface area contributed by atoms with Crippen molar-refractivity contribution in [3.8, 4) is 5.69 Å². The molecule has 1 amide bonds. The third kappa shape index (κ3) is 4.75. The maximum absolute atomic E-state index is 13.6. The summed E-state index contributed by atoms with van der Waals surface area (Å²) in [5, 5.41) is 4.22. The van der Waals surface area contributed by atoms with Crippen LogP contribution in [0.2, 0.25) is 0 Å². The first-order valence-electron chi connectivity index (χ1n) is 11.0. The lowest BCUT2D eigenvalue weighted by atomic mass is 10.1. The Morgan fingerprint density at radius 3 is 2.42 bits per heavy atom. The fourth-order valence-electron chi connectivity index (χ4n) is 3.89. The van der Waals surface area contributed by atoms with Gasteiger partial charge >= 0.3 is 0 Å². The monoisotopic (exact) mass is 477 g/mol. The third-order valence-corrected chi connectivity index (χ3v) is 7.79. The molecule has 4 aromatic rings. The van der Waals surface area contributed by atoms with E-state index >= 15 is 0 Å². The average molecular weight is 478 g/mol. The second-order valence-electron chi connectivity index (χ2n) is 8.05. The Kier molecular flexibility index (Phi) is 7.00. The molecule has 0 aliphatic heterocycles. The lowest BCUT2D eigenvalue weighted by molar-refractivity contribution is -0.113. The molecule has 2 heterocycles. The highest BCUT2D eigenvalue weighted by molar-refractivity contribution is 7.99. The second-order valence-corrected chi connectivity index (χ2v) is 10.1. The molecule has 5 nitrogen and oxygen atoms in total. The first-order valence-corrected chi connectivity index (χ1v) is 12.8. The molecule has 33 heavy (non-hydrogen) atoms. The minimum Gasteiger partial charge on any atom is -0.325 e. The van der Waals surface area contributed by atoms with E-state index in [1.54, 1.807) is 15.9 Å². The van der Waals surface area contributed by atoms with Gasteiger partial charge < -0.3 is 5.32 Å². The number of aromatic nitrogens is 2. The molecular weight excluding hydrogens is 450 g/mol. The molecule has 0 fully saturated rings. The minimum atomic E-state index is -0.125. The van der Waals surface area contributed by atoms with Crippen LogP contribution < -0.4 is 10.9 Å². The Hall–Kier alpha value is -2.90. The van der Waals surface area contributed by atoms with E-state index in [4.69, 9.17) is 4.98 Å². The van der Waals surface area contributed by atoms with E-state index in [2.05, 4.69) is 12.2 Å². The van der Waals surface area contributed by atoms with Gasteiger partial charge in [-0.05, 0) is 56.0 Å². The quantitative estimate of drug-likeness (QED) is 0.260. The predicted octanol–water partition coefficient (Wildman–Crippen LogP) is 6.06. The molecule has 1 N–H and O–H groups in total. The Balaban J connectivity index is 1.71. The van der Waals surface area contributed by atoms with Gasteiger partial charge in [0.05, 0.1) is 16.8 Å². The van der Waals surface area contributed by atoms with Gasteiger partial charge in [-0.2, -0.15) is 0 Å². The van der Waals surface area contributed by atoms with E-state index in [1.807, 2.05) is 69.3 Å². The number of hydrogen-bond donors (Lipinski definition) is 1. The number of para-hydroxylation sites is 2. The third-order valence-electron chi connectivity index (χ3n) is 5.60. The topological polar surface area (TPSA) is 64.0 Å². The zero-order valence-electron chi connectivity index (χ0n) is 19.3. The number of thioether (sulfide) groups is 1. The van der Waals surface area contributed by atoms with Crippen molar-refractivity contribution in [1.82, 2.24) is 9.55 Å². The maximum Gasteiger partial charge on any atom is 0.267 e. The number of nitrogens with zero attached hydrogens (tertiary/aromatic N) is 2. The number of nitrogens with one attached hydrogen (secondary N) is 1. The van der Waals surface area contributed by atoms with Crippen molar-refractivity contribution in [2.24, 2.45) is 0 Å². The van der Waals surface area contributed by atoms with Crippen molar-refractivity contribution >= 4 is 44.9 Å². The molecule has 0 radical (unpaired) electrons. The second kappa shape index (κ2) is 9.93. The van der Waals surface area contributed by atoms with Crippen molar-refractivity contribution in [3.63, 3.8) is 0 Å². The summed E-state index contributed by atoms with van der Waals surface area (Å²) < 4.78 is 1.63. The van der Waals surface area contributed by atoms with Crippen molar-refractivity contribution in [1.29, 1.82) is 0 Å². The number of anilines is 1. The number of amides is 1. The maximum atomic E-state index is 13.6. The minimum absolute atomic E-state index is 0.0834. The molecule has 0 saturated heterocycles. The van der Waals surface area contributed by atoms with Gasteiger partial charge in [0.2, 0.25) is 5.91 Å². The number of carbonyl (C=O) groups is 1. The van der Waals surface area contributed by atoms with E-state index in [0.717, 1.165) is 45.7 Å². The van der Waals surface area contributed by atoms with Crippen LogP contribution in [0.4, 0.5) is 5.69 Å². The summed E-state index contributed by atoms with van der Waals surface area (Å²) in [5.74, 6) is 0.0328. The van der Waals surface area contributed by atoms with Gasteiger partial charge in [0.15, 0.2) is 5.16 Å². The molecule has 2 aromatic heterocycles. The summed E-state index contributed by atoms with van der Waals surface area (Å²) in [6.07, 6.45) is 1.94. The Morgan fingerprint density at radius 2 is 1.76 bits per heavy atom. The Bertz CT molecular complexity index is 1350. The van der Waals surface area contributed by atoms with E-state index in [-0.39, 0.29) is 17.2 Å². The number of hydrogen-bond acceptors (Lipinski definition) is 5. The van der Waals surface area contributed by atoms with Crippen LogP contribution in [0.5, 0.6) is 0 Å². The van der Waals surface area contributed by atoms with Crippen LogP contribution >= 0.6 is 23.1 Å². The summed E-state index contributed by atoms with van der Waals surface area (Å²) in [4.78, 5) is 33.2. The largest absolute Gasteiger partial charge is 0.325 e. The number of fused-ring (bicyclic) bond motifs is 1. The zero-order valence-corrected chi connectivity index (χ0v) is 20.9. The van der Waals surface area contributed by atoms with Gasteiger partial charge in [0, 0.05) is 10.6 Å². The predicted molar refractivity (Wildman–Crippen MR) is 139 cm³/mol. The molecule has 0 saturated carbocycles. The van der Waals surface area contributed by atoms with E-state index < -0.39 is 0 Å². The van der Waals surface area contributed by atoms with Gasteiger partial charge in [0.1, 0.15) is 4.83 Å². The standard InChI is InChI=1S/C26H27N3O2S2/c1-5-10-20-18(4)22-24(33-20)28-26(29(25(22)31)19-13-7-6-8-14-19)32-15-21(30)27-23-16(2)11-9-12-17(23)3/h6-9,11-14H,5,10,15H2,1-4H3,(H,27,30). The molecule has 0 aliphatic rings. The molecule has 170 valence electrons. The number of benzene rings is 2. The van der Waals surface area contributed by atoms with Crippen LogP contribution in [0.3, 0.4) is 0 Å². The Morgan fingerprint density at radius 1 is 1.06 bits per heavy atom. The summed E-state index contributed by atoms with van der Waals surface area (Å²) in [5.41, 5.74) is 4.56. The van der Waals surface area contributed by atoms with Crippen LogP contribution in [0, 0.1) is 20.8 Å². The lowest BCUT2D eigenvalue weighted by Crippen LogP contribution is -2.23. The fraction of sp³-hybridized carbons (Fsp3) is 0.269. The van der Waals surface area contributed by atoms with Crippen LogP contribution in [0.15, 0.2) is 58.5 Å². The van der Waals surface area contributed by atoms with E-state index in [0.29, 0.717) is 10.5 Å². The van der Waals surface area contributed by atoms with Crippen LogP contribution in [-0.4, -0.2) is 21.2 Å². The molecule has 0 aliphatic carbocycles. The van der Waals surface area contributed by atoms with Crippen molar-refractivity contribution < 1.29 is 4.79 Å². The van der Waals surface area contributed by atoms with Crippen LogP contribution in [0.1, 0.15) is 34.9 Å². The molecular formula is C26H27N3O2S2. The summed E-state index contributed by atoms with van der Waals surface area (Å²) in [6.45, 7) is 8.10. The zero-order chi connectivity index (χ0) is 23.5. The molecule has 7 heteroatoms. The van der Waals surface area contributed by atoms with Crippen molar-refractivity contribution in [3.05, 3.63) is 80.5 Å². The summed E-state index contributed by atoms with van der Waals surface area (Å²) in [7, 11) is 0. The first kappa shape index (κ1) is 23.3. The highest BCUT2D eigenvalue weighted by atomic mass is 32.2. The number of thiophene rings is 1. The van der Waals surface area contributed by atoms with Crippen LogP contribution in [0.25, 0.3) is 15.9 Å². The van der Waals surface area contributed by atoms with Gasteiger partial charge in [-0.1, -0.05) is 61.5 Å². The molecule has 0 bridgehead atoms. The van der Waals surface area contributed by atoms with Gasteiger partial charge in [-0.15, -0.1) is 11.3 Å². The highest BCUT2D eigenvalue weighted by Gasteiger charge is 2.20.